The van der Waals surface area contributed by atoms with Crippen LogP contribution in [-0.2, 0) is 0 Å². The maximum atomic E-state index is 5.42. The third-order valence-electron chi connectivity index (χ3n) is 2.33. The second kappa shape index (κ2) is 6.53. The van der Waals surface area contributed by atoms with E-state index in [-0.39, 0.29) is 12.0 Å². The highest BCUT2D eigenvalue weighted by molar-refractivity contribution is 5.56. The van der Waals surface area contributed by atoms with Crippen LogP contribution in [0.25, 0.3) is 0 Å². The molecule has 0 atom stereocenters. The van der Waals surface area contributed by atoms with E-state index < -0.39 is 0 Å². The molecule has 2 rings (SSSR count). The minimum Gasteiger partial charge on any atom is -0.494 e. The minimum absolute atomic E-state index is 0.163. The van der Waals surface area contributed by atoms with Crippen LogP contribution in [0.5, 0.6) is 11.8 Å². The maximum Gasteiger partial charge on any atom is 0.322 e. The number of hydrogen-bond acceptors (Lipinski definition) is 8. The predicted molar refractivity (Wildman–Crippen MR) is 75.1 cm³/mol. The molecule has 8 heteroatoms. The monoisotopic (exact) mass is 276 g/mol. The molecule has 20 heavy (non-hydrogen) atoms. The quantitative estimate of drug-likeness (QED) is 0.535. The van der Waals surface area contributed by atoms with Crippen molar-refractivity contribution in [1.82, 2.24) is 15.0 Å². The van der Waals surface area contributed by atoms with Gasteiger partial charge in [-0.2, -0.15) is 15.0 Å². The first kappa shape index (κ1) is 13.8. The summed E-state index contributed by atoms with van der Waals surface area (Å²) in [5.41, 5.74) is 3.14. The van der Waals surface area contributed by atoms with Gasteiger partial charge in [0.1, 0.15) is 5.75 Å². The van der Waals surface area contributed by atoms with E-state index in [0.29, 0.717) is 12.6 Å². The third-order valence-corrected chi connectivity index (χ3v) is 2.33. The summed E-state index contributed by atoms with van der Waals surface area (Å²) >= 11 is 0. The highest BCUT2D eigenvalue weighted by atomic mass is 16.5. The molecule has 1 heterocycles. The van der Waals surface area contributed by atoms with Crippen molar-refractivity contribution >= 4 is 17.6 Å². The van der Waals surface area contributed by atoms with Crippen molar-refractivity contribution in [2.75, 3.05) is 24.5 Å². The van der Waals surface area contributed by atoms with Crippen LogP contribution in [0.4, 0.5) is 17.6 Å². The zero-order chi connectivity index (χ0) is 14.4. The number of rotatable bonds is 6. The number of methoxy groups -OCH3 is 1. The molecule has 2 aromatic rings. The molecule has 0 fully saturated rings. The number of nitrogens with zero attached hydrogens (tertiary/aromatic N) is 3. The van der Waals surface area contributed by atoms with E-state index in [4.69, 9.17) is 15.3 Å². The highest BCUT2D eigenvalue weighted by Crippen LogP contribution is 2.21. The van der Waals surface area contributed by atoms with Crippen molar-refractivity contribution in [2.45, 2.75) is 6.92 Å². The van der Waals surface area contributed by atoms with E-state index in [0.717, 1.165) is 11.4 Å². The standard InChI is InChI=1S/C12H16N6O2/c1-3-20-9-6-4-5-8(7-9)14-10-15-11(18-13)17-12(16-10)19-2/h4-7H,3,13H2,1-2H3,(H2,14,15,16,17,18). The second-order valence-corrected chi connectivity index (χ2v) is 3.70. The number of nitrogens with one attached hydrogen (secondary N) is 2. The summed E-state index contributed by atoms with van der Waals surface area (Å²) in [6, 6.07) is 7.61. The van der Waals surface area contributed by atoms with Gasteiger partial charge in [-0.3, -0.25) is 5.43 Å². The summed E-state index contributed by atoms with van der Waals surface area (Å²) in [4.78, 5) is 12.1. The van der Waals surface area contributed by atoms with Gasteiger partial charge in [0.25, 0.3) is 0 Å². The first-order chi connectivity index (χ1) is 9.75. The molecule has 8 nitrogen and oxygen atoms in total. The molecule has 0 amide bonds. The molecule has 0 saturated heterocycles. The first-order valence-corrected chi connectivity index (χ1v) is 6.01. The molecule has 4 N–H and O–H groups in total. The Hall–Kier alpha value is -2.61. The lowest BCUT2D eigenvalue weighted by atomic mass is 10.3. The number of ether oxygens (including phenoxy) is 2. The summed E-state index contributed by atoms with van der Waals surface area (Å²) in [6.07, 6.45) is 0. The number of aromatic nitrogens is 3. The Kier molecular flexibility index (Phi) is 4.51. The molecule has 0 saturated carbocycles. The van der Waals surface area contributed by atoms with Crippen molar-refractivity contribution in [2.24, 2.45) is 5.84 Å². The Balaban J connectivity index is 2.22. The molecular weight excluding hydrogens is 260 g/mol. The molecular formula is C12H16N6O2. The average molecular weight is 276 g/mol. The van der Waals surface area contributed by atoms with E-state index >= 15 is 0 Å². The Labute approximate surface area is 116 Å². The van der Waals surface area contributed by atoms with E-state index in [1.165, 1.54) is 7.11 Å². The largest absolute Gasteiger partial charge is 0.494 e. The van der Waals surface area contributed by atoms with Crippen LogP contribution in [0.2, 0.25) is 0 Å². The molecule has 0 aliphatic rings. The molecule has 0 aliphatic heterocycles. The Morgan fingerprint density at radius 2 is 2.00 bits per heavy atom. The predicted octanol–water partition coefficient (Wildman–Crippen LogP) is 1.31. The van der Waals surface area contributed by atoms with Crippen LogP contribution < -0.4 is 26.1 Å². The second-order valence-electron chi connectivity index (χ2n) is 3.70. The van der Waals surface area contributed by atoms with E-state index in [1.807, 2.05) is 31.2 Å². The van der Waals surface area contributed by atoms with Gasteiger partial charge in [-0.1, -0.05) is 6.07 Å². The number of nitrogens with two attached hydrogens (primary N) is 1. The molecule has 1 aromatic carbocycles. The summed E-state index contributed by atoms with van der Waals surface area (Å²) < 4.78 is 10.4. The fourth-order valence-electron chi connectivity index (χ4n) is 1.53. The van der Waals surface area contributed by atoms with Gasteiger partial charge in [0, 0.05) is 11.8 Å². The fourth-order valence-corrected chi connectivity index (χ4v) is 1.53. The smallest absolute Gasteiger partial charge is 0.322 e. The van der Waals surface area contributed by atoms with Crippen molar-refractivity contribution in [3.8, 4) is 11.8 Å². The topological polar surface area (TPSA) is 107 Å². The van der Waals surface area contributed by atoms with Gasteiger partial charge in [0.05, 0.1) is 13.7 Å². The number of anilines is 3. The molecule has 0 aliphatic carbocycles. The maximum absolute atomic E-state index is 5.42. The number of hydrazine groups is 1. The zero-order valence-corrected chi connectivity index (χ0v) is 11.3. The van der Waals surface area contributed by atoms with Crippen LogP contribution in [0.1, 0.15) is 6.92 Å². The number of hydrogen-bond donors (Lipinski definition) is 3. The number of benzene rings is 1. The van der Waals surface area contributed by atoms with E-state index in [1.54, 1.807) is 0 Å². The lowest BCUT2D eigenvalue weighted by Gasteiger charge is -2.09. The summed E-state index contributed by atoms with van der Waals surface area (Å²) in [5.74, 6) is 6.58. The van der Waals surface area contributed by atoms with E-state index in [2.05, 4.69) is 25.7 Å². The molecule has 106 valence electrons. The van der Waals surface area contributed by atoms with Crippen molar-refractivity contribution in [3.05, 3.63) is 24.3 Å². The van der Waals surface area contributed by atoms with Gasteiger partial charge >= 0.3 is 6.01 Å². The Bertz CT molecular complexity index is 555. The van der Waals surface area contributed by atoms with Gasteiger partial charge < -0.3 is 14.8 Å². The Morgan fingerprint density at radius 3 is 2.70 bits per heavy atom. The summed E-state index contributed by atoms with van der Waals surface area (Å²) in [6.45, 7) is 2.53. The van der Waals surface area contributed by atoms with Gasteiger partial charge in [-0.25, -0.2) is 5.84 Å². The van der Waals surface area contributed by atoms with Crippen molar-refractivity contribution in [3.63, 3.8) is 0 Å². The summed E-state index contributed by atoms with van der Waals surface area (Å²) in [7, 11) is 1.47. The van der Waals surface area contributed by atoms with E-state index in [9.17, 15) is 0 Å². The van der Waals surface area contributed by atoms with Gasteiger partial charge in [0.2, 0.25) is 11.9 Å². The average Bonchev–Trinajstić information content (AvgIpc) is 2.47. The molecule has 0 spiro atoms. The normalized spacial score (nSPS) is 9.95. The Morgan fingerprint density at radius 1 is 1.20 bits per heavy atom. The summed E-state index contributed by atoms with van der Waals surface area (Å²) in [5, 5.41) is 3.03. The van der Waals surface area contributed by atoms with Crippen molar-refractivity contribution < 1.29 is 9.47 Å². The van der Waals surface area contributed by atoms with Crippen LogP contribution in [-0.4, -0.2) is 28.7 Å². The van der Waals surface area contributed by atoms with Crippen LogP contribution in [0.15, 0.2) is 24.3 Å². The molecule has 0 bridgehead atoms. The van der Waals surface area contributed by atoms with Crippen molar-refractivity contribution in [1.29, 1.82) is 0 Å². The molecule has 0 unspecified atom stereocenters. The molecule has 1 aromatic heterocycles. The molecule has 0 radical (unpaired) electrons. The number of nitrogen functional groups attached to an aromatic ring is 1. The lowest BCUT2D eigenvalue weighted by molar-refractivity contribution is 0.340. The fraction of sp³-hybridized carbons (Fsp3) is 0.250. The zero-order valence-electron chi connectivity index (χ0n) is 11.3. The van der Waals surface area contributed by atoms with Crippen LogP contribution >= 0.6 is 0 Å². The lowest BCUT2D eigenvalue weighted by Crippen LogP contribution is -2.13. The first-order valence-electron chi connectivity index (χ1n) is 6.01. The SMILES string of the molecule is CCOc1cccc(Nc2nc(NN)nc(OC)n2)c1. The highest BCUT2D eigenvalue weighted by Gasteiger charge is 2.06. The third kappa shape index (κ3) is 3.45. The van der Waals surface area contributed by atoms with Crippen LogP contribution in [0.3, 0.4) is 0 Å². The van der Waals surface area contributed by atoms with Gasteiger partial charge in [-0.15, -0.1) is 0 Å². The van der Waals surface area contributed by atoms with Gasteiger partial charge in [-0.05, 0) is 19.1 Å². The minimum atomic E-state index is 0.163. The van der Waals surface area contributed by atoms with Crippen LogP contribution in [0, 0.1) is 0 Å². The van der Waals surface area contributed by atoms with Gasteiger partial charge in [0.15, 0.2) is 0 Å².